The van der Waals surface area contributed by atoms with Crippen LogP contribution in [-0.4, -0.2) is 33.0 Å². The Balaban J connectivity index is 2.37. The van der Waals surface area contributed by atoms with Crippen molar-refractivity contribution in [1.82, 2.24) is 5.32 Å². The number of rotatable bonds is 4. The van der Waals surface area contributed by atoms with Crippen molar-refractivity contribution in [3.63, 3.8) is 0 Å². The molecule has 5 heteroatoms. The first-order valence-corrected chi connectivity index (χ1v) is 4.87. The van der Waals surface area contributed by atoms with Crippen LogP contribution in [0.15, 0.2) is 0 Å². The molecule has 10 heavy (non-hydrogen) atoms. The molecule has 0 aromatic rings. The Bertz CT molecular complexity index is 149. The predicted octanol–water partition coefficient (Wildman–Crippen LogP) is 0.444. The summed E-state index contributed by atoms with van der Waals surface area (Å²) in [4.78, 5) is 0. The van der Waals surface area contributed by atoms with Crippen LogP contribution in [-0.2, 0) is 13.6 Å². The van der Waals surface area contributed by atoms with Crippen LogP contribution in [0.4, 0.5) is 0 Å². The fourth-order valence-electron chi connectivity index (χ4n) is 0.706. The quantitative estimate of drug-likeness (QED) is 0.485. The average molecular weight is 165 g/mol. The normalized spacial score (nSPS) is 24.8. The van der Waals surface area contributed by atoms with E-state index >= 15 is 0 Å². The highest BCUT2D eigenvalue weighted by molar-refractivity contribution is 7.53. The van der Waals surface area contributed by atoms with E-state index in [1.165, 1.54) is 14.2 Å². The lowest BCUT2D eigenvalue weighted by Gasteiger charge is -2.11. The zero-order chi connectivity index (χ0) is 7.61. The summed E-state index contributed by atoms with van der Waals surface area (Å²) in [6, 6.07) is 0.339. The van der Waals surface area contributed by atoms with Crippen molar-refractivity contribution >= 4 is 7.60 Å². The molecule has 0 aromatic heterocycles. The first-order valence-electron chi connectivity index (χ1n) is 3.14. The fourth-order valence-corrected chi connectivity index (χ4v) is 1.95. The van der Waals surface area contributed by atoms with Gasteiger partial charge in [0.25, 0.3) is 0 Å². The van der Waals surface area contributed by atoms with E-state index in [9.17, 15) is 4.57 Å². The summed E-state index contributed by atoms with van der Waals surface area (Å²) >= 11 is 0. The Morgan fingerprint density at radius 3 is 2.40 bits per heavy atom. The largest absolute Gasteiger partial charge is 0.331 e. The van der Waals surface area contributed by atoms with Gasteiger partial charge >= 0.3 is 7.60 Å². The highest BCUT2D eigenvalue weighted by atomic mass is 31.2. The molecule has 1 saturated heterocycles. The molecule has 0 spiro atoms. The Morgan fingerprint density at radius 2 is 2.10 bits per heavy atom. The van der Waals surface area contributed by atoms with Gasteiger partial charge in [0.2, 0.25) is 0 Å². The third-order valence-electron chi connectivity index (χ3n) is 1.49. The molecule has 1 N–H and O–H groups in total. The van der Waals surface area contributed by atoms with Gasteiger partial charge in [-0.3, -0.25) is 4.57 Å². The highest BCUT2D eigenvalue weighted by Crippen LogP contribution is 2.47. The maximum atomic E-state index is 11.3. The van der Waals surface area contributed by atoms with Gasteiger partial charge in [0, 0.05) is 26.8 Å². The SMILES string of the molecule is COP(=O)(C[C@@H]1CN1)OC. The van der Waals surface area contributed by atoms with Crippen molar-refractivity contribution in [2.24, 2.45) is 0 Å². The Morgan fingerprint density at radius 1 is 1.60 bits per heavy atom. The molecular formula is C5H12NO3P. The molecule has 1 atom stereocenters. The van der Waals surface area contributed by atoms with Crippen molar-refractivity contribution in [2.45, 2.75) is 6.04 Å². The van der Waals surface area contributed by atoms with Crippen molar-refractivity contribution < 1.29 is 13.6 Å². The average Bonchev–Trinajstić information content (AvgIpc) is 2.72. The first kappa shape index (κ1) is 8.21. The summed E-state index contributed by atoms with van der Waals surface area (Å²) in [5.74, 6) is 0. The molecule has 4 nitrogen and oxygen atoms in total. The maximum absolute atomic E-state index is 11.3. The molecule has 1 heterocycles. The van der Waals surface area contributed by atoms with Gasteiger partial charge in [-0.1, -0.05) is 0 Å². The van der Waals surface area contributed by atoms with Crippen LogP contribution in [0.1, 0.15) is 0 Å². The molecule has 1 aliphatic rings. The maximum Gasteiger partial charge on any atom is 0.331 e. The summed E-state index contributed by atoms with van der Waals surface area (Å²) < 4.78 is 20.8. The minimum atomic E-state index is -2.74. The molecule has 0 unspecified atom stereocenters. The third kappa shape index (κ3) is 2.06. The van der Waals surface area contributed by atoms with Crippen LogP contribution in [0.2, 0.25) is 0 Å². The van der Waals surface area contributed by atoms with Gasteiger partial charge in [0.1, 0.15) is 0 Å². The smallest absolute Gasteiger partial charge is 0.312 e. The minimum Gasteiger partial charge on any atom is -0.312 e. The summed E-state index contributed by atoms with van der Waals surface area (Å²) in [6.45, 7) is 0.927. The van der Waals surface area contributed by atoms with Crippen LogP contribution >= 0.6 is 7.60 Å². The van der Waals surface area contributed by atoms with Crippen molar-refractivity contribution in [3.8, 4) is 0 Å². The Hall–Kier alpha value is 0.110. The second kappa shape index (κ2) is 3.01. The second-order valence-electron chi connectivity index (χ2n) is 2.26. The molecule has 1 aliphatic heterocycles. The zero-order valence-electron chi connectivity index (χ0n) is 6.16. The minimum absolute atomic E-state index is 0.339. The highest BCUT2D eigenvalue weighted by Gasteiger charge is 2.32. The molecule has 1 fully saturated rings. The lowest BCUT2D eigenvalue weighted by Crippen LogP contribution is -2.02. The monoisotopic (exact) mass is 165 g/mol. The van der Waals surface area contributed by atoms with E-state index in [0.29, 0.717) is 12.2 Å². The van der Waals surface area contributed by atoms with Crippen molar-refractivity contribution in [2.75, 3.05) is 26.9 Å². The lowest BCUT2D eigenvalue weighted by molar-refractivity contribution is 0.276. The van der Waals surface area contributed by atoms with Gasteiger partial charge in [-0.05, 0) is 0 Å². The van der Waals surface area contributed by atoms with Crippen molar-refractivity contribution in [1.29, 1.82) is 0 Å². The summed E-state index contributed by atoms with van der Waals surface area (Å²) in [5, 5.41) is 3.03. The summed E-state index contributed by atoms with van der Waals surface area (Å²) in [6.07, 6.45) is 0.486. The van der Waals surface area contributed by atoms with Crippen LogP contribution < -0.4 is 5.32 Å². The molecule has 0 amide bonds. The van der Waals surface area contributed by atoms with Crippen LogP contribution in [0.5, 0.6) is 0 Å². The van der Waals surface area contributed by atoms with E-state index in [1.54, 1.807) is 0 Å². The number of hydrogen-bond donors (Lipinski definition) is 1. The van der Waals surface area contributed by atoms with Crippen LogP contribution in [0.25, 0.3) is 0 Å². The van der Waals surface area contributed by atoms with E-state index in [4.69, 9.17) is 9.05 Å². The summed E-state index contributed by atoms with van der Waals surface area (Å²) in [7, 11) is 0.0815. The first-order chi connectivity index (χ1) is 4.70. The molecule has 0 radical (unpaired) electrons. The molecule has 60 valence electrons. The van der Waals surface area contributed by atoms with E-state index in [-0.39, 0.29) is 0 Å². The van der Waals surface area contributed by atoms with Crippen LogP contribution in [0, 0.1) is 0 Å². The van der Waals surface area contributed by atoms with Gasteiger partial charge in [-0.15, -0.1) is 0 Å². The number of hydrogen-bond acceptors (Lipinski definition) is 4. The molecule has 1 rings (SSSR count). The van der Waals surface area contributed by atoms with Gasteiger partial charge in [0.05, 0.1) is 6.16 Å². The van der Waals surface area contributed by atoms with E-state index in [0.717, 1.165) is 6.54 Å². The van der Waals surface area contributed by atoms with Gasteiger partial charge in [0.15, 0.2) is 0 Å². The Kier molecular flexibility index (Phi) is 2.47. The van der Waals surface area contributed by atoms with Gasteiger partial charge in [-0.2, -0.15) is 0 Å². The number of nitrogens with one attached hydrogen (secondary N) is 1. The lowest BCUT2D eigenvalue weighted by atomic mass is 10.6. The molecule has 0 saturated carbocycles. The van der Waals surface area contributed by atoms with E-state index in [2.05, 4.69) is 5.32 Å². The third-order valence-corrected chi connectivity index (χ3v) is 3.49. The van der Waals surface area contributed by atoms with Gasteiger partial charge < -0.3 is 14.4 Å². The molecular weight excluding hydrogens is 153 g/mol. The van der Waals surface area contributed by atoms with Crippen molar-refractivity contribution in [3.05, 3.63) is 0 Å². The molecule has 0 bridgehead atoms. The Labute approximate surface area is 60.4 Å². The molecule has 0 aliphatic carbocycles. The topological polar surface area (TPSA) is 57.5 Å². The standard InChI is InChI=1S/C5H12NO3P/c1-8-10(7,9-2)4-5-3-6-5/h5-6H,3-4H2,1-2H3/t5-/m0/s1. The second-order valence-corrected chi connectivity index (χ2v) is 4.58. The zero-order valence-corrected chi connectivity index (χ0v) is 7.06. The predicted molar refractivity (Wildman–Crippen MR) is 38.3 cm³/mol. The van der Waals surface area contributed by atoms with E-state index in [1.807, 2.05) is 0 Å². The molecule has 0 aromatic carbocycles. The van der Waals surface area contributed by atoms with E-state index < -0.39 is 7.60 Å². The summed E-state index contributed by atoms with van der Waals surface area (Å²) in [5.41, 5.74) is 0. The van der Waals surface area contributed by atoms with Gasteiger partial charge in [-0.25, -0.2) is 0 Å². The fraction of sp³-hybridized carbons (Fsp3) is 1.00. The van der Waals surface area contributed by atoms with Crippen LogP contribution in [0.3, 0.4) is 0 Å².